The van der Waals surface area contributed by atoms with Crippen molar-refractivity contribution in [3.8, 4) is 0 Å². The monoisotopic (exact) mass is 328 g/mol. The molecule has 2 atom stereocenters. The van der Waals surface area contributed by atoms with E-state index in [1.165, 1.54) is 0 Å². The van der Waals surface area contributed by atoms with E-state index in [0.717, 1.165) is 32.1 Å². The molecule has 0 spiro atoms. The third-order valence-electron chi connectivity index (χ3n) is 5.59. The number of rotatable bonds is 6. The second kappa shape index (κ2) is 7.98. The summed E-state index contributed by atoms with van der Waals surface area (Å²) >= 11 is 0. The Bertz CT molecular complexity index is 377. The molecule has 0 heterocycles. The van der Waals surface area contributed by atoms with Gasteiger partial charge in [0.1, 0.15) is 6.61 Å². The number of esters is 1. The predicted octanol–water partition coefficient (Wildman–Crippen LogP) is 3.54. The summed E-state index contributed by atoms with van der Waals surface area (Å²) in [6.45, 7) is 12.4. The number of ether oxygens (including phenoxy) is 1. The van der Waals surface area contributed by atoms with Gasteiger partial charge in [-0.3, -0.25) is 4.79 Å². The van der Waals surface area contributed by atoms with E-state index in [-0.39, 0.29) is 30.0 Å². The molecule has 1 rings (SSSR count). The first-order valence-electron chi connectivity index (χ1n) is 9.00. The van der Waals surface area contributed by atoms with Gasteiger partial charge in [-0.05, 0) is 56.3 Å². The Kier molecular flexibility index (Phi) is 7.09. The van der Waals surface area contributed by atoms with Crippen LogP contribution in [-0.2, 0) is 9.53 Å². The predicted molar refractivity (Wildman–Crippen MR) is 91.9 cm³/mol. The van der Waals surface area contributed by atoms with Crippen LogP contribution in [0.25, 0.3) is 0 Å². The van der Waals surface area contributed by atoms with Gasteiger partial charge in [-0.25, -0.2) is 0 Å². The van der Waals surface area contributed by atoms with Gasteiger partial charge >= 0.3 is 5.97 Å². The van der Waals surface area contributed by atoms with Crippen molar-refractivity contribution in [2.75, 3.05) is 6.61 Å². The minimum Gasteiger partial charge on any atom is -0.462 e. The summed E-state index contributed by atoms with van der Waals surface area (Å²) in [5.41, 5.74) is -0.766. The SMILES string of the molecule is CC(C)CC(C)(C(=O)OCC(O)C1CCC(O)CC1)C(C)(C)C. The molecule has 0 aromatic rings. The molecule has 0 radical (unpaired) electrons. The molecule has 1 aliphatic rings. The van der Waals surface area contributed by atoms with E-state index in [2.05, 4.69) is 34.6 Å². The van der Waals surface area contributed by atoms with Crippen LogP contribution in [0.15, 0.2) is 0 Å². The maximum atomic E-state index is 12.7. The van der Waals surface area contributed by atoms with Crippen LogP contribution in [-0.4, -0.2) is 35.0 Å². The van der Waals surface area contributed by atoms with Crippen LogP contribution in [0.3, 0.4) is 0 Å². The number of aliphatic hydroxyl groups excluding tert-OH is 2. The van der Waals surface area contributed by atoms with Gasteiger partial charge in [-0.15, -0.1) is 0 Å². The van der Waals surface area contributed by atoms with Gasteiger partial charge in [0.2, 0.25) is 0 Å². The molecule has 4 nitrogen and oxygen atoms in total. The smallest absolute Gasteiger partial charge is 0.312 e. The maximum absolute atomic E-state index is 12.7. The lowest BCUT2D eigenvalue weighted by Crippen LogP contribution is -2.44. The fourth-order valence-corrected chi connectivity index (χ4v) is 3.46. The van der Waals surface area contributed by atoms with Crippen LogP contribution in [0.5, 0.6) is 0 Å². The molecule has 0 bridgehead atoms. The number of carbonyl (C=O) groups excluding carboxylic acids is 1. The van der Waals surface area contributed by atoms with Crippen molar-refractivity contribution < 1.29 is 19.7 Å². The van der Waals surface area contributed by atoms with Gasteiger partial charge in [0.15, 0.2) is 0 Å². The Morgan fingerprint density at radius 2 is 1.65 bits per heavy atom. The third kappa shape index (κ3) is 5.46. The fraction of sp³-hybridized carbons (Fsp3) is 0.947. The highest BCUT2D eigenvalue weighted by Gasteiger charge is 2.46. The zero-order valence-electron chi connectivity index (χ0n) is 15.8. The molecule has 0 aromatic carbocycles. The second-order valence-corrected chi connectivity index (χ2v) is 8.91. The summed E-state index contributed by atoms with van der Waals surface area (Å²) in [6.07, 6.45) is 2.93. The largest absolute Gasteiger partial charge is 0.462 e. The van der Waals surface area contributed by atoms with Crippen LogP contribution in [0.4, 0.5) is 0 Å². The third-order valence-corrected chi connectivity index (χ3v) is 5.59. The van der Waals surface area contributed by atoms with Gasteiger partial charge < -0.3 is 14.9 Å². The summed E-state index contributed by atoms with van der Waals surface area (Å²) in [6, 6.07) is 0. The Labute approximate surface area is 141 Å². The van der Waals surface area contributed by atoms with E-state index in [9.17, 15) is 15.0 Å². The maximum Gasteiger partial charge on any atom is 0.312 e. The molecule has 1 saturated carbocycles. The average Bonchev–Trinajstić information content (AvgIpc) is 2.43. The molecule has 1 aliphatic carbocycles. The summed E-state index contributed by atoms with van der Waals surface area (Å²) in [4.78, 5) is 12.7. The molecule has 0 aromatic heterocycles. The zero-order valence-corrected chi connectivity index (χ0v) is 15.8. The van der Waals surface area contributed by atoms with Crippen molar-refractivity contribution in [1.29, 1.82) is 0 Å². The van der Waals surface area contributed by atoms with Crippen LogP contribution in [0.1, 0.15) is 73.6 Å². The summed E-state index contributed by atoms with van der Waals surface area (Å²) in [5, 5.41) is 19.8. The van der Waals surface area contributed by atoms with Crippen molar-refractivity contribution in [2.45, 2.75) is 85.9 Å². The molecule has 23 heavy (non-hydrogen) atoms. The first-order valence-corrected chi connectivity index (χ1v) is 9.00. The lowest BCUT2D eigenvalue weighted by Gasteiger charge is -2.41. The van der Waals surface area contributed by atoms with Crippen molar-refractivity contribution in [3.05, 3.63) is 0 Å². The zero-order chi connectivity index (χ0) is 17.8. The van der Waals surface area contributed by atoms with Crippen LogP contribution in [0, 0.1) is 22.7 Å². The number of hydrogen-bond donors (Lipinski definition) is 2. The van der Waals surface area contributed by atoms with E-state index in [1.54, 1.807) is 0 Å². The van der Waals surface area contributed by atoms with Crippen LogP contribution >= 0.6 is 0 Å². The highest BCUT2D eigenvalue weighted by Crippen LogP contribution is 2.44. The topological polar surface area (TPSA) is 66.8 Å². The minimum atomic E-state index is -0.630. The molecule has 0 amide bonds. The number of hydrogen-bond acceptors (Lipinski definition) is 4. The first-order chi connectivity index (χ1) is 10.5. The lowest BCUT2D eigenvalue weighted by molar-refractivity contribution is -0.167. The van der Waals surface area contributed by atoms with Crippen LogP contribution in [0.2, 0.25) is 0 Å². The van der Waals surface area contributed by atoms with Gasteiger partial charge in [0.05, 0.1) is 17.6 Å². The first kappa shape index (κ1) is 20.4. The average molecular weight is 328 g/mol. The Hall–Kier alpha value is -0.610. The molecule has 1 fully saturated rings. The van der Waals surface area contributed by atoms with Crippen molar-refractivity contribution in [3.63, 3.8) is 0 Å². The van der Waals surface area contributed by atoms with Crippen molar-refractivity contribution in [1.82, 2.24) is 0 Å². The van der Waals surface area contributed by atoms with E-state index in [0.29, 0.717) is 5.92 Å². The molecular formula is C19H36O4. The van der Waals surface area contributed by atoms with Crippen molar-refractivity contribution >= 4 is 5.97 Å². The molecule has 2 N–H and O–H groups in total. The Morgan fingerprint density at radius 1 is 1.13 bits per heavy atom. The lowest BCUT2D eigenvalue weighted by atomic mass is 9.64. The Balaban J connectivity index is 2.62. The van der Waals surface area contributed by atoms with Gasteiger partial charge in [0.25, 0.3) is 0 Å². The fourth-order valence-electron chi connectivity index (χ4n) is 3.46. The van der Waals surface area contributed by atoms with Crippen LogP contribution < -0.4 is 0 Å². The molecule has 136 valence electrons. The van der Waals surface area contributed by atoms with Gasteiger partial charge in [-0.1, -0.05) is 34.6 Å². The van der Waals surface area contributed by atoms with Gasteiger partial charge in [-0.2, -0.15) is 0 Å². The van der Waals surface area contributed by atoms with E-state index < -0.39 is 11.5 Å². The van der Waals surface area contributed by atoms with E-state index >= 15 is 0 Å². The van der Waals surface area contributed by atoms with E-state index in [4.69, 9.17) is 4.74 Å². The van der Waals surface area contributed by atoms with E-state index in [1.807, 2.05) is 6.92 Å². The standard InChI is InChI=1S/C19H36O4/c1-13(2)11-19(6,18(3,4)5)17(22)23-12-16(21)14-7-9-15(20)10-8-14/h13-16,20-21H,7-12H2,1-6H3. The second-order valence-electron chi connectivity index (χ2n) is 8.91. The highest BCUT2D eigenvalue weighted by atomic mass is 16.5. The number of carbonyl (C=O) groups is 1. The molecule has 0 saturated heterocycles. The summed E-state index contributed by atoms with van der Waals surface area (Å²) < 4.78 is 5.52. The van der Waals surface area contributed by atoms with Crippen molar-refractivity contribution in [2.24, 2.45) is 22.7 Å². The Morgan fingerprint density at radius 3 is 2.09 bits per heavy atom. The molecule has 2 unspecified atom stereocenters. The molecular weight excluding hydrogens is 292 g/mol. The summed E-state index contributed by atoms with van der Waals surface area (Å²) in [7, 11) is 0. The van der Waals surface area contributed by atoms with Gasteiger partial charge in [0, 0.05) is 0 Å². The molecule has 0 aliphatic heterocycles. The number of aliphatic hydroxyl groups is 2. The molecule has 4 heteroatoms. The summed E-state index contributed by atoms with van der Waals surface area (Å²) in [5.74, 6) is 0.308. The minimum absolute atomic E-state index is 0.0589. The highest BCUT2D eigenvalue weighted by molar-refractivity contribution is 5.77. The quantitative estimate of drug-likeness (QED) is 0.732. The normalized spacial score (nSPS) is 26.7.